The standard InChI is InChI=1S/C17H26N2O2/c1-13(14(2)20)16(17(21)19-10-6-7-11-19)18-12-15-8-4-3-5-9-15/h3-5,8-9,13-14,16,18,20H,6-7,10-12H2,1-2H3/t13-,14+,16-/m0/s1. The second-order valence-corrected chi connectivity index (χ2v) is 5.98. The Morgan fingerprint density at radius 1 is 1.24 bits per heavy atom. The number of likely N-dealkylation sites (tertiary alicyclic amines) is 1. The van der Waals surface area contributed by atoms with E-state index in [0.29, 0.717) is 6.54 Å². The predicted octanol–water partition coefficient (Wildman–Crippen LogP) is 1.78. The first kappa shape index (κ1) is 16.0. The topological polar surface area (TPSA) is 52.6 Å². The van der Waals surface area contributed by atoms with Crippen LogP contribution in [0.2, 0.25) is 0 Å². The fourth-order valence-electron chi connectivity index (χ4n) is 2.73. The van der Waals surface area contributed by atoms with Crippen LogP contribution in [0.5, 0.6) is 0 Å². The Morgan fingerprint density at radius 2 is 1.86 bits per heavy atom. The molecule has 4 heteroatoms. The lowest BCUT2D eigenvalue weighted by molar-refractivity contribution is -0.134. The predicted molar refractivity (Wildman–Crippen MR) is 83.7 cm³/mol. The van der Waals surface area contributed by atoms with Crippen LogP contribution < -0.4 is 5.32 Å². The molecule has 2 N–H and O–H groups in total. The van der Waals surface area contributed by atoms with E-state index in [1.54, 1.807) is 6.92 Å². The molecule has 0 spiro atoms. The van der Waals surface area contributed by atoms with E-state index >= 15 is 0 Å². The molecule has 1 saturated heterocycles. The van der Waals surface area contributed by atoms with Crippen molar-refractivity contribution in [3.63, 3.8) is 0 Å². The molecule has 1 heterocycles. The molecule has 3 atom stereocenters. The van der Waals surface area contributed by atoms with Gasteiger partial charge < -0.3 is 15.3 Å². The SMILES string of the molecule is C[C@H]([C@H](NCc1ccccc1)C(=O)N1CCCC1)[C@@H](C)O. The molecule has 116 valence electrons. The van der Waals surface area contributed by atoms with Gasteiger partial charge in [-0.15, -0.1) is 0 Å². The van der Waals surface area contributed by atoms with E-state index in [1.807, 2.05) is 42.2 Å². The van der Waals surface area contributed by atoms with Crippen molar-refractivity contribution >= 4 is 5.91 Å². The van der Waals surface area contributed by atoms with Crippen molar-refractivity contribution in [2.75, 3.05) is 13.1 Å². The number of carbonyl (C=O) groups is 1. The van der Waals surface area contributed by atoms with Crippen molar-refractivity contribution in [2.45, 2.75) is 45.4 Å². The second kappa shape index (κ2) is 7.57. The molecular weight excluding hydrogens is 264 g/mol. The fourth-order valence-corrected chi connectivity index (χ4v) is 2.73. The maximum atomic E-state index is 12.7. The Hall–Kier alpha value is -1.39. The van der Waals surface area contributed by atoms with Crippen LogP contribution in [0.3, 0.4) is 0 Å². The molecular formula is C17H26N2O2. The van der Waals surface area contributed by atoms with Crippen LogP contribution in [0.25, 0.3) is 0 Å². The van der Waals surface area contributed by atoms with Gasteiger partial charge in [0.05, 0.1) is 12.1 Å². The summed E-state index contributed by atoms with van der Waals surface area (Å²) in [6, 6.07) is 9.71. The number of nitrogens with zero attached hydrogens (tertiary/aromatic N) is 1. The van der Waals surface area contributed by atoms with Gasteiger partial charge in [-0.05, 0) is 25.3 Å². The van der Waals surface area contributed by atoms with Crippen LogP contribution in [0.4, 0.5) is 0 Å². The van der Waals surface area contributed by atoms with Crippen LogP contribution in [-0.4, -0.2) is 41.1 Å². The zero-order valence-electron chi connectivity index (χ0n) is 13.0. The minimum atomic E-state index is -0.509. The van der Waals surface area contributed by atoms with E-state index < -0.39 is 6.10 Å². The summed E-state index contributed by atoms with van der Waals surface area (Å²) >= 11 is 0. The third-order valence-corrected chi connectivity index (χ3v) is 4.34. The molecule has 0 aromatic heterocycles. The first-order valence-corrected chi connectivity index (χ1v) is 7.83. The van der Waals surface area contributed by atoms with Crippen molar-refractivity contribution in [3.8, 4) is 0 Å². The average molecular weight is 290 g/mol. The Kier molecular flexibility index (Phi) is 5.76. The highest BCUT2D eigenvalue weighted by atomic mass is 16.3. The Labute approximate surface area is 127 Å². The van der Waals surface area contributed by atoms with Gasteiger partial charge in [0.1, 0.15) is 0 Å². The lowest BCUT2D eigenvalue weighted by Crippen LogP contribution is -2.51. The summed E-state index contributed by atoms with van der Waals surface area (Å²) < 4.78 is 0. The van der Waals surface area contributed by atoms with Crippen molar-refractivity contribution in [1.29, 1.82) is 0 Å². The van der Waals surface area contributed by atoms with Gasteiger partial charge in [-0.25, -0.2) is 0 Å². The molecule has 21 heavy (non-hydrogen) atoms. The minimum Gasteiger partial charge on any atom is -0.393 e. The number of nitrogens with one attached hydrogen (secondary N) is 1. The Bertz CT molecular complexity index is 441. The third kappa shape index (κ3) is 4.29. The number of benzene rings is 1. The number of rotatable bonds is 6. The molecule has 0 radical (unpaired) electrons. The monoisotopic (exact) mass is 290 g/mol. The summed E-state index contributed by atoms with van der Waals surface area (Å²) in [5.41, 5.74) is 1.15. The molecule has 4 nitrogen and oxygen atoms in total. The van der Waals surface area contributed by atoms with Gasteiger partial charge in [0.15, 0.2) is 0 Å². The molecule has 1 aliphatic heterocycles. The van der Waals surface area contributed by atoms with Crippen molar-refractivity contribution in [2.24, 2.45) is 5.92 Å². The molecule has 0 bridgehead atoms. The lowest BCUT2D eigenvalue weighted by Gasteiger charge is -2.30. The summed E-state index contributed by atoms with van der Waals surface area (Å²) in [5.74, 6) is 0.0126. The summed E-state index contributed by atoms with van der Waals surface area (Å²) in [6.45, 7) is 6.01. The van der Waals surface area contributed by atoms with Gasteiger partial charge in [0.25, 0.3) is 0 Å². The normalized spacial score (nSPS) is 19.3. The number of hydrogen-bond donors (Lipinski definition) is 2. The van der Waals surface area contributed by atoms with Gasteiger partial charge >= 0.3 is 0 Å². The second-order valence-electron chi connectivity index (χ2n) is 5.98. The smallest absolute Gasteiger partial charge is 0.240 e. The van der Waals surface area contributed by atoms with Crippen LogP contribution >= 0.6 is 0 Å². The highest BCUT2D eigenvalue weighted by Gasteiger charge is 2.32. The third-order valence-electron chi connectivity index (χ3n) is 4.34. The number of aliphatic hydroxyl groups is 1. The largest absolute Gasteiger partial charge is 0.393 e. The highest BCUT2D eigenvalue weighted by molar-refractivity contribution is 5.82. The van der Waals surface area contributed by atoms with Crippen LogP contribution in [0.15, 0.2) is 30.3 Å². The van der Waals surface area contributed by atoms with Crippen molar-refractivity contribution < 1.29 is 9.90 Å². The molecule has 1 aromatic rings. The zero-order valence-corrected chi connectivity index (χ0v) is 13.0. The first-order valence-electron chi connectivity index (χ1n) is 7.83. The van der Waals surface area contributed by atoms with Crippen molar-refractivity contribution in [1.82, 2.24) is 10.2 Å². The molecule has 0 unspecified atom stereocenters. The van der Waals surface area contributed by atoms with Gasteiger partial charge in [0, 0.05) is 25.6 Å². The maximum absolute atomic E-state index is 12.7. The van der Waals surface area contributed by atoms with Crippen LogP contribution in [0.1, 0.15) is 32.3 Å². The molecule has 1 aliphatic rings. The van der Waals surface area contributed by atoms with Crippen LogP contribution in [-0.2, 0) is 11.3 Å². The fraction of sp³-hybridized carbons (Fsp3) is 0.588. The quantitative estimate of drug-likeness (QED) is 0.840. The van der Waals surface area contributed by atoms with Gasteiger partial charge in [0.2, 0.25) is 5.91 Å². The van der Waals surface area contributed by atoms with E-state index in [-0.39, 0.29) is 17.9 Å². The van der Waals surface area contributed by atoms with E-state index in [2.05, 4.69) is 5.32 Å². The Morgan fingerprint density at radius 3 is 2.43 bits per heavy atom. The maximum Gasteiger partial charge on any atom is 0.240 e. The lowest BCUT2D eigenvalue weighted by atomic mass is 9.95. The number of aliphatic hydroxyl groups excluding tert-OH is 1. The van der Waals surface area contributed by atoms with Gasteiger partial charge in [-0.1, -0.05) is 37.3 Å². The molecule has 0 saturated carbocycles. The number of carbonyl (C=O) groups excluding carboxylic acids is 1. The van der Waals surface area contributed by atoms with E-state index in [1.165, 1.54) is 0 Å². The summed E-state index contributed by atoms with van der Waals surface area (Å²) in [7, 11) is 0. The number of amides is 1. The average Bonchev–Trinajstić information content (AvgIpc) is 3.02. The number of hydrogen-bond acceptors (Lipinski definition) is 3. The molecule has 1 fully saturated rings. The van der Waals surface area contributed by atoms with Gasteiger partial charge in [-0.2, -0.15) is 0 Å². The van der Waals surface area contributed by atoms with Crippen molar-refractivity contribution in [3.05, 3.63) is 35.9 Å². The summed E-state index contributed by atoms with van der Waals surface area (Å²) in [5, 5.41) is 13.2. The van der Waals surface area contributed by atoms with E-state index in [4.69, 9.17) is 0 Å². The summed E-state index contributed by atoms with van der Waals surface area (Å²) in [6.07, 6.45) is 1.66. The van der Waals surface area contributed by atoms with E-state index in [0.717, 1.165) is 31.5 Å². The highest BCUT2D eigenvalue weighted by Crippen LogP contribution is 2.16. The molecule has 2 rings (SSSR count). The van der Waals surface area contributed by atoms with Gasteiger partial charge in [-0.3, -0.25) is 4.79 Å². The first-order chi connectivity index (χ1) is 10.1. The Balaban J connectivity index is 2.03. The van der Waals surface area contributed by atoms with Crippen LogP contribution in [0, 0.1) is 5.92 Å². The molecule has 0 aliphatic carbocycles. The summed E-state index contributed by atoms with van der Waals surface area (Å²) in [4.78, 5) is 14.6. The minimum absolute atomic E-state index is 0.109. The van der Waals surface area contributed by atoms with E-state index in [9.17, 15) is 9.90 Å². The zero-order chi connectivity index (χ0) is 15.2. The molecule has 1 amide bonds. The molecule has 1 aromatic carbocycles.